The second-order valence-electron chi connectivity index (χ2n) is 4.10. The fourth-order valence-corrected chi connectivity index (χ4v) is 2.20. The Morgan fingerprint density at radius 2 is 2.35 bits per heavy atom. The molecule has 1 atom stereocenters. The lowest BCUT2D eigenvalue weighted by molar-refractivity contribution is -0.124. The zero-order chi connectivity index (χ0) is 12.3. The summed E-state index contributed by atoms with van der Waals surface area (Å²) in [7, 11) is 0. The van der Waals surface area contributed by atoms with Crippen molar-refractivity contribution in [2.75, 3.05) is 6.54 Å². The minimum Gasteiger partial charge on any atom is -0.355 e. The van der Waals surface area contributed by atoms with Gasteiger partial charge in [0.15, 0.2) is 0 Å². The predicted molar refractivity (Wildman–Crippen MR) is 67.0 cm³/mol. The molecule has 1 unspecified atom stereocenters. The zero-order valence-corrected chi connectivity index (χ0v) is 10.9. The van der Waals surface area contributed by atoms with Crippen LogP contribution in [0.15, 0.2) is 22.7 Å². The number of rotatable bonds is 3. The van der Waals surface area contributed by atoms with Gasteiger partial charge in [-0.2, -0.15) is 0 Å². The second kappa shape index (κ2) is 5.60. The predicted octanol–water partition coefficient (Wildman–Crippen LogP) is 1.96. The molecular formula is C12H14BrFN2O. The average Bonchev–Trinajstić information content (AvgIpc) is 2.30. The van der Waals surface area contributed by atoms with Crippen LogP contribution < -0.4 is 10.6 Å². The monoisotopic (exact) mass is 300 g/mol. The SMILES string of the molecule is O=C1NCCCC1NCc1ccc(Br)cc1F. The van der Waals surface area contributed by atoms with E-state index in [1.165, 1.54) is 6.07 Å². The first-order chi connectivity index (χ1) is 8.16. The van der Waals surface area contributed by atoms with Crippen LogP contribution in [-0.4, -0.2) is 18.5 Å². The van der Waals surface area contributed by atoms with E-state index < -0.39 is 0 Å². The van der Waals surface area contributed by atoms with Crippen LogP contribution in [0.25, 0.3) is 0 Å². The van der Waals surface area contributed by atoms with E-state index in [0.29, 0.717) is 16.6 Å². The number of halogens is 2. The Labute approximate surface area is 108 Å². The summed E-state index contributed by atoms with van der Waals surface area (Å²) in [6.07, 6.45) is 1.77. The van der Waals surface area contributed by atoms with E-state index in [2.05, 4.69) is 26.6 Å². The van der Waals surface area contributed by atoms with Crippen LogP contribution in [0.1, 0.15) is 18.4 Å². The first-order valence-electron chi connectivity index (χ1n) is 5.62. The normalized spacial score (nSPS) is 20.1. The van der Waals surface area contributed by atoms with Gasteiger partial charge in [-0.05, 0) is 25.0 Å². The van der Waals surface area contributed by atoms with Crippen LogP contribution in [0.2, 0.25) is 0 Å². The molecule has 1 aliphatic rings. The molecular weight excluding hydrogens is 287 g/mol. The Kier molecular flexibility index (Phi) is 4.12. The van der Waals surface area contributed by atoms with Gasteiger partial charge in [0.25, 0.3) is 0 Å². The Morgan fingerprint density at radius 1 is 1.53 bits per heavy atom. The molecule has 17 heavy (non-hydrogen) atoms. The van der Waals surface area contributed by atoms with Gasteiger partial charge in [-0.25, -0.2) is 4.39 Å². The number of benzene rings is 1. The highest BCUT2D eigenvalue weighted by Gasteiger charge is 2.21. The molecule has 1 fully saturated rings. The minimum atomic E-state index is -0.261. The van der Waals surface area contributed by atoms with Crippen molar-refractivity contribution in [2.45, 2.75) is 25.4 Å². The largest absolute Gasteiger partial charge is 0.355 e. The lowest BCUT2D eigenvalue weighted by Crippen LogP contribution is -2.47. The minimum absolute atomic E-state index is 0.00812. The van der Waals surface area contributed by atoms with Crippen molar-refractivity contribution in [3.05, 3.63) is 34.1 Å². The van der Waals surface area contributed by atoms with E-state index in [-0.39, 0.29) is 17.8 Å². The van der Waals surface area contributed by atoms with Crippen molar-refractivity contribution in [1.82, 2.24) is 10.6 Å². The molecule has 1 aliphatic heterocycles. The van der Waals surface area contributed by atoms with Crippen molar-refractivity contribution < 1.29 is 9.18 Å². The number of carbonyl (C=O) groups is 1. The molecule has 1 aromatic rings. The average molecular weight is 301 g/mol. The van der Waals surface area contributed by atoms with E-state index in [0.717, 1.165) is 19.4 Å². The van der Waals surface area contributed by atoms with E-state index in [4.69, 9.17) is 0 Å². The summed E-state index contributed by atoms with van der Waals surface area (Å²) in [5.74, 6) is -0.253. The highest BCUT2D eigenvalue weighted by molar-refractivity contribution is 9.10. The molecule has 0 spiro atoms. The maximum Gasteiger partial charge on any atom is 0.237 e. The number of piperidine rings is 1. The third-order valence-corrected chi connectivity index (χ3v) is 3.33. The summed E-state index contributed by atoms with van der Waals surface area (Å²) in [6.45, 7) is 1.11. The highest BCUT2D eigenvalue weighted by Crippen LogP contribution is 2.15. The Hall–Kier alpha value is -0.940. The van der Waals surface area contributed by atoms with Gasteiger partial charge in [-0.15, -0.1) is 0 Å². The van der Waals surface area contributed by atoms with E-state index in [1.807, 2.05) is 0 Å². The van der Waals surface area contributed by atoms with Gasteiger partial charge < -0.3 is 10.6 Å². The number of carbonyl (C=O) groups excluding carboxylic acids is 1. The zero-order valence-electron chi connectivity index (χ0n) is 9.30. The standard InChI is InChI=1S/C12H14BrFN2O/c13-9-4-3-8(10(14)6-9)7-16-11-2-1-5-15-12(11)17/h3-4,6,11,16H,1-2,5,7H2,(H,15,17). The van der Waals surface area contributed by atoms with Gasteiger partial charge >= 0.3 is 0 Å². The fraction of sp³-hybridized carbons (Fsp3) is 0.417. The molecule has 0 bridgehead atoms. The first kappa shape index (κ1) is 12.5. The molecule has 0 saturated carbocycles. The summed E-state index contributed by atoms with van der Waals surface area (Å²) in [5, 5.41) is 5.87. The molecule has 2 N–H and O–H groups in total. The van der Waals surface area contributed by atoms with Gasteiger partial charge in [0.2, 0.25) is 5.91 Å². The third kappa shape index (κ3) is 3.26. The third-order valence-electron chi connectivity index (χ3n) is 2.84. The lowest BCUT2D eigenvalue weighted by atomic mass is 10.1. The van der Waals surface area contributed by atoms with Gasteiger partial charge in [0, 0.05) is 23.1 Å². The molecule has 1 saturated heterocycles. The smallest absolute Gasteiger partial charge is 0.237 e. The molecule has 1 amide bonds. The van der Waals surface area contributed by atoms with Gasteiger partial charge in [-0.1, -0.05) is 22.0 Å². The Bertz CT molecular complexity index is 425. The molecule has 2 rings (SSSR count). The number of amides is 1. The maximum atomic E-state index is 13.5. The molecule has 92 valence electrons. The molecule has 0 aliphatic carbocycles. The van der Waals surface area contributed by atoms with E-state index >= 15 is 0 Å². The molecule has 5 heteroatoms. The summed E-state index contributed by atoms with van der Waals surface area (Å²) in [6, 6.07) is 4.73. The Balaban J connectivity index is 1.95. The van der Waals surface area contributed by atoms with Gasteiger partial charge in [0.05, 0.1) is 6.04 Å². The van der Waals surface area contributed by atoms with Gasteiger partial charge in [-0.3, -0.25) is 4.79 Å². The van der Waals surface area contributed by atoms with Crippen LogP contribution >= 0.6 is 15.9 Å². The van der Waals surface area contributed by atoms with Crippen LogP contribution in [0.4, 0.5) is 4.39 Å². The van der Waals surface area contributed by atoms with Crippen LogP contribution in [-0.2, 0) is 11.3 Å². The summed E-state index contributed by atoms with van der Waals surface area (Å²) in [5.41, 5.74) is 0.576. The summed E-state index contributed by atoms with van der Waals surface area (Å²) < 4.78 is 14.2. The van der Waals surface area contributed by atoms with Crippen LogP contribution in [0, 0.1) is 5.82 Å². The van der Waals surface area contributed by atoms with Crippen molar-refractivity contribution in [3.63, 3.8) is 0 Å². The van der Waals surface area contributed by atoms with Crippen LogP contribution in [0.5, 0.6) is 0 Å². The van der Waals surface area contributed by atoms with Crippen molar-refractivity contribution in [2.24, 2.45) is 0 Å². The van der Waals surface area contributed by atoms with Crippen molar-refractivity contribution in [1.29, 1.82) is 0 Å². The first-order valence-corrected chi connectivity index (χ1v) is 6.41. The lowest BCUT2D eigenvalue weighted by Gasteiger charge is -2.22. The molecule has 3 nitrogen and oxygen atoms in total. The maximum absolute atomic E-state index is 13.5. The van der Waals surface area contributed by atoms with E-state index in [9.17, 15) is 9.18 Å². The fourth-order valence-electron chi connectivity index (χ4n) is 1.87. The molecule has 0 aromatic heterocycles. The van der Waals surface area contributed by atoms with Crippen LogP contribution in [0.3, 0.4) is 0 Å². The summed E-state index contributed by atoms with van der Waals surface area (Å²) in [4.78, 5) is 11.5. The van der Waals surface area contributed by atoms with Crippen molar-refractivity contribution in [3.8, 4) is 0 Å². The van der Waals surface area contributed by atoms with Gasteiger partial charge in [0.1, 0.15) is 5.82 Å². The number of hydrogen-bond acceptors (Lipinski definition) is 2. The Morgan fingerprint density at radius 3 is 3.06 bits per heavy atom. The highest BCUT2D eigenvalue weighted by atomic mass is 79.9. The second-order valence-corrected chi connectivity index (χ2v) is 5.02. The molecule has 1 aromatic carbocycles. The topological polar surface area (TPSA) is 41.1 Å². The molecule has 0 radical (unpaired) electrons. The van der Waals surface area contributed by atoms with E-state index in [1.54, 1.807) is 12.1 Å². The number of nitrogens with one attached hydrogen (secondary N) is 2. The number of hydrogen-bond donors (Lipinski definition) is 2. The van der Waals surface area contributed by atoms with Crippen molar-refractivity contribution >= 4 is 21.8 Å². The molecule has 1 heterocycles. The summed E-state index contributed by atoms with van der Waals surface area (Å²) >= 11 is 3.21. The quantitative estimate of drug-likeness (QED) is 0.896.